The van der Waals surface area contributed by atoms with E-state index in [-0.39, 0.29) is 0 Å². The van der Waals surface area contributed by atoms with Crippen LogP contribution in [0.25, 0.3) is 120 Å². The molecule has 294 valence electrons. The Morgan fingerprint density at radius 3 is 1.17 bits per heavy atom. The highest BCUT2D eigenvalue weighted by Gasteiger charge is 2.23. The van der Waals surface area contributed by atoms with E-state index in [0.717, 1.165) is 49.7 Å². The average Bonchev–Trinajstić information content (AvgIpc) is 4.03. The lowest BCUT2D eigenvalue weighted by Crippen LogP contribution is -2.06. The van der Waals surface area contributed by atoms with E-state index in [1.807, 2.05) is 23.5 Å². The number of fused-ring (bicyclic) bond motifs is 11. The van der Waals surface area contributed by atoms with Gasteiger partial charge in [-0.1, -0.05) is 188 Å². The predicted octanol–water partition coefficient (Wildman–Crippen LogP) is 15.1. The number of para-hydroxylation sites is 3. The minimum absolute atomic E-state index is 0.578. The van der Waals surface area contributed by atoms with E-state index in [1.165, 1.54) is 53.1 Å². The summed E-state index contributed by atoms with van der Waals surface area (Å²) in [5, 5.41) is 7.24. The average molecular weight is 822 g/mol. The van der Waals surface area contributed by atoms with Crippen LogP contribution < -0.4 is 0 Å². The summed E-state index contributed by atoms with van der Waals surface area (Å²) in [6.07, 6.45) is 0. The first-order valence-electron chi connectivity index (χ1n) is 21.2. The van der Waals surface area contributed by atoms with Crippen LogP contribution in [0.1, 0.15) is 0 Å². The van der Waals surface area contributed by atoms with E-state index >= 15 is 0 Å². The van der Waals surface area contributed by atoms with Gasteiger partial charge in [-0.15, -0.1) is 11.3 Å². The van der Waals surface area contributed by atoms with E-state index in [1.54, 1.807) is 0 Å². The third-order valence-electron chi connectivity index (χ3n) is 12.4. The third kappa shape index (κ3) is 5.66. The van der Waals surface area contributed by atoms with E-state index < -0.39 is 0 Å². The molecule has 0 amide bonds. The quantitative estimate of drug-likeness (QED) is 0.168. The highest BCUT2D eigenvalue weighted by molar-refractivity contribution is 7.27. The zero-order valence-electron chi connectivity index (χ0n) is 33.9. The maximum Gasteiger partial charge on any atom is 0.238 e. The second-order valence-corrected chi connectivity index (χ2v) is 17.0. The number of hydrogen-bond donors (Lipinski definition) is 0. The lowest BCUT2D eigenvalue weighted by molar-refractivity contribution is 0.955. The molecule has 0 spiro atoms. The Morgan fingerprint density at radius 1 is 0.286 bits per heavy atom. The Bertz CT molecular complexity index is 3770. The first-order valence-corrected chi connectivity index (χ1v) is 22.0. The van der Waals surface area contributed by atoms with Crippen LogP contribution in [0.5, 0.6) is 0 Å². The van der Waals surface area contributed by atoms with Gasteiger partial charge in [0.05, 0.1) is 31.5 Å². The summed E-state index contributed by atoms with van der Waals surface area (Å²) in [5.41, 5.74) is 12.1. The molecule has 0 aliphatic rings. The van der Waals surface area contributed by atoms with Gasteiger partial charge in [-0.2, -0.15) is 9.97 Å². The maximum absolute atomic E-state index is 5.37. The molecule has 4 aromatic heterocycles. The lowest BCUT2D eigenvalue weighted by Gasteiger charge is -2.12. The van der Waals surface area contributed by atoms with Crippen molar-refractivity contribution in [3.63, 3.8) is 0 Å². The van der Waals surface area contributed by atoms with Crippen molar-refractivity contribution in [3.05, 3.63) is 212 Å². The van der Waals surface area contributed by atoms with Crippen molar-refractivity contribution in [2.75, 3.05) is 0 Å². The van der Waals surface area contributed by atoms with Crippen molar-refractivity contribution in [2.24, 2.45) is 0 Å². The fourth-order valence-corrected chi connectivity index (χ4v) is 10.8. The first-order chi connectivity index (χ1) is 31.2. The molecule has 6 heteroatoms. The Balaban J connectivity index is 1.08. The third-order valence-corrected chi connectivity index (χ3v) is 13.6. The molecule has 0 bridgehead atoms. The molecular formula is C57H35N5S. The minimum atomic E-state index is 0.578. The van der Waals surface area contributed by atoms with E-state index in [2.05, 4.69) is 209 Å². The maximum atomic E-state index is 5.37. The molecule has 13 rings (SSSR count). The second-order valence-electron chi connectivity index (χ2n) is 16.0. The van der Waals surface area contributed by atoms with Crippen LogP contribution in [0, 0.1) is 0 Å². The van der Waals surface area contributed by atoms with Crippen molar-refractivity contribution in [3.8, 4) is 56.7 Å². The highest BCUT2D eigenvalue weighted by Crippen LogP contribution is 2.47. The van der Waals surface area contributed by atoms with Crippen LogP contribution in [0.4, 0.5) is 0 Å². The summed E-state index contributed by atoms with van der Waals surface area (Å²) in [6, 6.07) is 75.3. The fourth-order valence-electron chi connectivity index (χ4n) is 9.45. The molecular weight excluding hydrogens is 787 g/mol. The Hall–Kier alpha value is -8.19. The molecule has 9 aromatic carbocycles. The topological polar surface area (TPSA) is 48.5 Å². The number of rotatable bonds is 6. The molecule has 0 atom stereocenters. The number of aromatic nitrogens is 5. The molecule has 0 saturated heterocycles. The van der Waals surface area contributed by atoms with Gasteiger partial charge < -0.3 is 4.57 Å². The summed E-state index contributed by atoms with van der Waals surface area (Å²) < 4.78 is 7.16. The monoisotopic (exact) mass is 821 g/mol. The molecule has 0 unspecified atom stereocenters. The van der Waals surface area contributed by atoms with Gasteiger partial charge in [0.15, 0.2) is 11.6 Å². The van der Waals surface area contributed by atoms with Gasteiger partial charge in [0.25, 0.3) is 0 Å². The van der Waals surface area contributed by atoms with Gasteiger partial charge >= 0.3 is 0 Å². The normalized spacial score (nSPS) is 11.8. The van der Waals surface area contributed by atoms with E-state index in [0.29, 0.717) is 17.6 Å². The van der Waals surface area contributed by atoms with Crippen LogP contribution in [-0.4, -0.2) is 24.1 Å². The SMILES string of the molecule is c1ccc(-c2ccc(-c3nc(-c4ccc(-c5ccccc5)cc4)nc(-n4c5ccccc5c5ccc6c7ccc8c9ccccc9n(-c9ccccc9)c8c7sc6c54)n3)cc2)cc1. The van der Waals surface area contributed by atoms with E-state index in [9.17, 15) is 0 Å². The molecule has 0 aliphatic carbocycles. The van der Waals surface area contributed by atoms with Crippen molar-refractivity contribution >= 4 is 75.1 Å². The zero-order chi connectivity index (χ0) is 41.4. The fraction of sp³-hybridized carbons (Fsp3) is 0. The number of nitrogens with zero attached hydrogens (tertiary/aromatic N) is 5. The minimum Gasteiger partial charge on any atom is -0.308 e. The van der Waals surface area contributed by atoms with Crippen molar-refractivity contribution in [2.45, 2.75) is 0 Å². The number of thiophene rings is 1. The number of benzene rings is 9. The van der Waals surface area contributed by atoms with Crippen molar-refractivity contribution < 1.29 is 0 Å². The van der Waals surface area contributed by atoms with Gasteiger partial charge in [-0.25, -0.2) is 4.98 Å². The molecule has 0 radical (unpaired) electrons. The first kappa shape index (κ1) is 35.6. The molecule has 0 fully saturated rings. The van der Waals surface area contributed by atoms with Crippen LogP contribution >= 0.6 is 11.3 Å². The Kier molecular flexibility index (Phi) is 8.01. The van der Waals surface area contributed by atoms with Crippen molar-refractivity contribution in [1.82, 2.24) is 24.1 Å². The largest absolute Gasteiger partial charge is 0.308 e. The van der Waals surface area contributed by atoms with Crippen molar-refractivity contribution in [1.29, 1.82) is 0 Å². The summed E-state index contributed by atoms with van der Waals surface area (Å²) in [4.78, 5) is 16.0. The standard InChI is InChI=1S/C57H35N5S/c1-4-14-36(15-5-1)38-24-28-40(29-25-38)55-58-56(41-30-26-39(27-31-41)37-16-6-2-7-17-37)60-57(59-55)62-50-23-13-11-21-44(50)46-33-35-48-47-34-32-45-43-20-10-12-22-49(43)61(42-18-8-3-9-19-42)51(45)53(47)63-54(48)52(46)62/h1-35H. The molecule has 63 heavy (non-hydrogen) atoms. The number of hydrogen-bond acceptors (Lipinski definition) is 4. The van der Waals surface area contributed by atoms with Gasteiger partial charge in [-0.3, -0.25) is 4.57 Å². The van der Waals surface area contributed by atoms with Gasteiger partial charge in [0.2, 0.25) is 5.95 Å². The molecule has 0 aliphatic heterocycles. The zero-order valence-corrected chi connectivity index (χ0v) is 34.7. The summed E-state index contributed by atoms with van der Waals surface area (Å²) >= 11 is 1.86. The smallest absolute Gasteiger partial charge is 0.238 e. The molecule has 4 heterocycles. The lowest BCUT2D eigenvalue weighted by atomic mass is 10.0. The molecule has 0 saturated carbocycles. The summed E-state index contributed by atoms with van der Waals surface area (Å²) in [5.74, 6) is 1.81. The summed E-state index contributed by atoms with van der Waals surface area (Å²) in [6.45, 7) is 0. The van der Waals surface area contributed by atoms with E-state index in [4.69, 9.17) is 15.0 Å². The molecule has 13 aromatic rings. The molecule has 0 N–H and O–H groups in total. The predicted molar refractivity (Wildman–Crippen MR) is 263 cm³/mol. The Labute approximate surface area is 366 Å². The Morgan fingerprint density at radius 2 is 0.667 bits per heavy atom. The van der Waals surface area contributed by atoms with Crippen LogP contribution in [0.3, 0.4) is 0 Å². The van der Waals surface area contributed by atoms with Gasteiger partial charge in [0, 0.05) is 49.1 Å². The van der Waals surface area contributed by atoms with Crippen LogP contribution in [0.15, 0.2) is 212 Å². The summed E-state index contributed by atoms with van der Waals surface area (Å²) in [7, 11) is 0. The van der Waals surface area contributed by atoms with Crippen LogP contribution in [-0.2, 0) is 0 Å². The van der Waals surface area contributed by atoms with Gasteiger partial charge in [-0.05, 0) is 46.5 Å². The second kappa shape index (κ2) is 14.2. The highest BCUT2D eigenvalue weighted by atomic mass is 32.1. The van der Waals surface area contributed by atoms with Crippen LogP contribution in [0.2, 0.25) is 0 Å². The molecule has 5 nitrogen and oxygen atoms in total. The van der Waals surface area contributed by atoms with Gasteiger partial charge in [0.1, 0.15) is 0 Å².